The van der Waals surface area contributed by atoms with Crippen LogP contribution < -0.4 is 10.6 Å². The molecule has 0 aliphatic carbocycles. The lowest BCUT2D eigenvalue weighted by Crippen LogP contribution is -2.47. The average molecular weight is 300 g/mol. The molecule has 21 heavy (non-hydrogen) atoms. The van der Waals surface area contributed by atoms with Crippen molar-refractivity contribution in [3.05, 3.63) is 56.8 Å². The number of hydrogen-bond donors (Lipinski definition) is 2. The van der Waals surface area contributed by atoms with Gasteiger partial charge in [0.1, 0.15) is 0 Å². The Bertz CT molecular complexity index is 643. The van der Waals surface area contributed by atoms with E-state index in [1.54, 1.807) is 11.3 Å². The van der Waals surface area contributed by atoms with Crippen molar-refractivity contribution in [3.63, 3.8) is 0 Å². The van der Waals surface area contributed by atoms with Gasteiger partial charge in [0.25, 0.3) is 0 Å². The predicted molar refractivity (Wildman–Crippen MR) is 86.4 cm³/mol. The fraction of sp³-hybridized carbons (Fsp3) is 0.353. The van der Waals surface area contributed by atoms with Gasteiger partial charge < -0.3 is 10.6 Å². The lowest BCUT2D eigenvalue weighted by molar-refractivity contribution is -0.123. The van der Waals surface area contributed by atoms with E-state index in [0.717, 1.165) is 13.0 Å². The van der Waals surface area contributed by atoms with E-state index in [-0.39, 0.29) is 11.9 Å². The van der Waals surface area contributed by atoms with Crippen molar-refractivity contribution in [3.8, 4) is 0 Å². The van der Waals surface area contributed by atoms with Crippen molar-refractivity contribution in [2.24, 2.45) is 0 Å². The highest BCUT2D eigenvalue weighted by atomic mass is 32.1. The summed E-state index contributed by atoms with van der Waals surface area (Å²) in [7, 11) is 0. The van der Waals surface area contributed by atoms with Crippen LogP contribution in [-0.2, 0) is 24.3 Å². The fourth-order valence-electron chi connectivity index (χ4n) is 2.67. The predicted octanol–water partition coefficient (Wildman–Crippen LogP) is 2.70. The summed E-state index contributed by atoms with van der Waals surface area (Å²) in [6.07, 6.45) is 0.768. The number of rotatable bonds is 3. The SMILES string of the molecule is Cc1cc(CNC(=O)C2Cc3ccccc3CN2)sc1C. The second kappa shape index (κ2) is 6.00. The van der Waals surface area contributed by atoms with Gasteiger partial charge in [0, 0.05) is 16.3 Å². The molecule has 0 radical (unpaired) electrons. The molecule has 3 rings (SSSR count). The number of thiophene rings is 1. The highest BCUT2D eigenvalue weighted by molar-refractivity contribution is 7.12. The van der Waals surface area contributed by atoms with E-state index in [0.29, 0.717) is 6.54 Å². The summed E-state index contributed by atoms with van der Waals surface area (Å²) >= 11 is 1.76. The van der Waals surface area contributed by atoms with Crippen molar-refractivity contribution >= 4 is 17.2 Å². The first-order chi connectivity index (χ1) is 10.1. The minimum absolute atomic E-state index is 0.0909. The largest absolute Gasteiger partial charge is 0.350 e. The van der Waals surface area contributed by atoms with E-state index < -0.39 is 0 Å². The first-order valence-electron chi connectivity index (χ1n) is 7.27. The van der Waals surface area contributed by atoms with Gasteiger partial charge in [-0.1, -0.05) is 24.3 Å². The van der Waals surface area contributed by atoms with Crippen LogP contribution in [0.2, 0.25) is 0 Å². The molecule has 2 aromatic rings. The molecule has 1 unspecified atom stereocenters. The molecule has 2 N–H and O–H groups in total. The zero-order valence-corrected chi connectivity index (χ0v) is 13.2. The molecule has 0 spiro atoms. The quantitative estimate of drug-likeness (QED) is 0.915. The minimum Gasteiger partial charge on any atom is -0.350 e. The first-order valence-corrected chi connectivity index (χ1v) is 8.09. The molecule has 3 nitrogen and oxygen atoms in total. The van der Waals surface area contributed by atoms with Crippen molar-refractivity contribution in [1.29, 1.82) is 0 Å². The second-order valence-electron chi connectivity index (χ2n) is 5.58. The van der Waals surface area contributed by atoms with Gasteiger partial charge in [-0.15, -0.1) is 11.3 Å². The van der Waals surface area contributed by atoms with E-state index in [1.807, 2.05) is 12.1 Å². The Hall–Kier alpha value is -1.65. The highest BCUT2D eigenvalue weighted by Gasteiger charge is 2.23. The number of fused-ring (bicyclic) bond motifs is 1. The number of aryl methyl sites for hydroxylation is 2. The van der Waals surface area contributed by atoms with E-state index in [2.05, 4.69) is 42.7 Å². The third-order valence-corrected chi connectivity index (χ3v) is 5.20. The van der Waals surface area contributed by atoms with Gasteiger partial charge in [0.15, 0.2) is 0 Å². The molecular weight excluding hydrogens is 280 g/mol. The Balaban J connectivity index is 1.59. The lowest BCUT2D eigenvalue weighted by Gasteiger charge is -2.25. The van der Waals surface area contributed by atoms with Crippen LogP contribution in [0, 0.1) is 13.8 Å². The molecule has 1 atom stereocenters. The Labute approximate surface area is 129 Å². The zero-order valence-electron chi connectivity index (χ0n) is 12.4. The summed E-state index contributed by atoms with van der Waals surface area (Å²) in [5.41, 5.74) is 3.87. The van der Waals surface area contributed by atoms with Crippen LogP contribution in [0.5, 0.6) is 0 Å². The van der Waals surface area contributed by atoms with Crippen LogP contribution >= 0.6 is 11.3 Å². The standard InChI is InChI=1S/C17H20N2OS/c1-11-7-15(21-12(11)2)10-19-17(20)16-8-13-5-3-4-6-14(13)9-18-16/h3-7,16,18H,8-10H2,1-2H3,(H,19,20). The van der Waals surface area contributed by atoms with Crippen LogP contribution in [0.25, 0.3) is 0 Å². The van der Waals surface area contributed by atoms with Crippen molar-refractivity contribution < 1.29 is 4.79 Å². The molecule has 1 aromatic heterocycles. The minimum atomic E-state index is -0.123. The van der Waals surface area contributed by atoms with Gasteiger partial charge in [-0.3, -0.25) is 4.79 Å². The summed E-state index contributed by atoms with van der Waals surface area (Å²) in [4.78, 5) is 14.8. The summed E-state index contributed by atoms with van der Waals surface area (Å²) in [5, 5.41) is 6.37. The molecule has 4 heteroatoms. The maximum Gasteiger partial charge on any atom is 0.237 e. The average Bonchev–Trinajstić information content (AvgIpc) is 2.83. The molecule has 1 amide bonds. The van der Waals surface area contributed by atoms with Crippen LogP contribution in [0.4, 0.5) is 0 Å². The third kappa shape index (κ3) is 3.17. The van der Waals surface area contributed by atoms with Crippen LogP contribution in [-0.4, -0.2) is 11.9 Å². The summed E-state index contributed by atoms with van der Waals surface area (Å²) < 4.78 is 0. The smallest absolute Gasteiger partial charge is 0.237 e. The Morgan fingerprint density at radius 3 is 2.81 bits per heavy atom. The van der Waals surface area contributed by atoms with Gasteiger partial charge >= 0.3 is 0 Å². The van der Waals surface area contributed by atoms with Gasteiger partial charge in [0.05, 0.1) is 12.6 Å². The monoisotopic (exact) mass is 300 g/mol. The molecule has 1 aliphatic rings. The van der Waals surface area contributed by atoms with E-state index >= 15 is 0 Å². The molecule has 0 bridgehead atoms. The zero-order chi connectivity index (χ0) is 14.8. The Kier molecular flexibility index (Phi) is 4.08. The topological polar surface area (TPSA) is 41.1 Å². The van der Waals surface area contributed by atoms with Gasteiger partial charge in [-0.05, 0) is 43.0 Å². The van der Waals surface area contributed by atoms with Crippen LogP contribution in [0.3, 0.4) is 0 Å². The lowest BCUT2D eigenvalue weighted by atomic mass is 9.95. The molecule has 2 heterocycles. The van der Waals surface area contributed by atoms with Crippen molar-refractivity contribution in [2.45, 2.75) is 39.4 Å². The maximum atomic E-state index is 12.3. The maximum absolute atomic E-state index is 12.3. The van der Waals surface area contributed by atoms with Crippen molar-refractivity contribution in [1.82, 2.24) is 10.6 Å². The van der Waals surface area contributed by atoms with Gasteiger partial charge in [-0.25, -0.2) is 0 Å². The summed E-state index contributed by atoms with van der Waals surface area (Å²) in [5.74, 6) is 0.0909. The van der Waals surface area contributed by atoms with E-state index in [9.17, 15) is 4.79 Å². The van der Waals surface area contributed by atoms with E-state index in [1.165, 1.54) is 26.4 Å². The van der Waals surface area contributed by atoms with Gasteiger partial charge in [0.2, 0.25) is 5.91 Å². The molecule has 0 fully saturated rings. The van der Waals surface area contributed by atoms with Gasteiger partial charge in [-0.2, -0.15) is 0 Å². The fourth-order valence-corrected chi connectivity index (χ4v) is 3.67. The Morgan fingerprint density at radius 2 is 2.10 bits per heavy atom. The third-order valence-electron chi connectivity index (χ3n) is 4.05. The Morgan fingerprint density at radius 1 is 1.33 bits per heavy atom. The molecule has 0 saturated carbocycles. The number of benzene rings is 1. The molecule has 0 saturated heterocycles. The number of hydrogen-bond acceptors (Lipinski definition) is 3. The van der Waals surface area contributed by atoms with Crippen LogP contribution in [0.1, 0.15) is 26.4 Å². The number of amides is 1. The van der Waals surface area contributed by atoms with Crippen molar-refractivity contribution in [2.75, 3.05) is 0 Å². The number of carbonyl (C=O) groups is 1. The normalized spacial score (nSPS) is 17.3. The highest BCUT2D eigenvalue weighted by Crippen LogP contribution is 2.20. The molecule has 1 aromatic carbocycles. The molecular formula is C17H20N2OS. The number of carbonyl (C=O) groups excluding carboxylic acids is 1. The summed E-state index contributed by atoms with van der Waals surface area (Å²) in [6, 6.07) is 10.3. The van der Waals surface area contributed by atoms with Crippen LogP contribution in [0.15, 0.2) is 30.3 Å². The molecule has 110 valence electrons. The first kappa shape index (κ1) is 14.3. The summed E-state index contributed by atoms with van der Waals surface area (Å²) in [6.45, 7) is 5.62. The second-order valence-corrected chi connectivity index (χ2v) is 6.92. The number of nitrogens with one attached hydrogen (secondary N) is 2. The van der Waals surface area contributed by atoms with E-state index in [4.69, 9.17) is 0 Å². The molecule has 1 aliphatic heterocycles.